The lowest BCUT2D eigenvalue weighted by molar-refractivity contribution is 0.867. The van der Waals surface area contributed by atoms with Crippen molar-refractivity contribution in [2.45, 2.75) is 39.4 Å². The lowest BCUT2D eigenvalue weighted by Crippen LogP contribution is -2.44. The van der Waals surface area contributed by atoms with E-state index in [4.69, 9.17) is 0 Å². The Morgan fingerprint density at radius 3 is 1.95 bits per heavy atom. The summed E-state index contributed by atoms with van der Waals surface area (Å²) in [4.78, 5) is 0. The second-order valence-corrected chi connectivity index (χ2v) is 5.96. The van der Waals surface area contributed by atoms with Gasteiger partial charge in [0.05, 0.1) is 0 Å². The molecule has 2 aromatic carbocycles. The molecule has 0 unspecified atom stereocenters. The van der Waals surface area contributed by atoms with E-state index in [1.54, 1.807) is 0 Å². The van der Waals surface area contributed by atoms with Gasteiger partial charge < -0.3 is 0 Å². The van der Waals surface area contributed by atoms with Crippen LogP contribution in [-0.4, -0.2) is 6.71 Å². The fraction of sp³-hybridized carbons (Fsp3) is 0.333. The van der Waals surface area contributed by atoms with Crippen LogP contribution in [0.15, 0.2) is 54.6 Å². The van der Waals surface area contributed by atoms with Crippen molar-refractivity contribution < 1.29 is 0 Å². The molecule has 0 atom stereocenters. The van der Waals surface area contributed by atoms with Gasteiger partial charge in [-0.15, -0.1) is 0 Å². The van der Waals surface area contributed by atoms with Gasteiger partial charge >= 0.3 is 0 Å². The molecule has 0 bridgehead atoms. The molecule has 0 spiro atoms. The minimum Gasteiger partial charge on any atom is -0.0739 e. The van der Waals surface area contributed by atoms with Gasteiger partial charge in [-0.2, -0.15) is 0 Å². The van der Waals surface area contributed by atoms with Crippen LogP contribution in [0.4, 0.5) is 0 Å². The van der Waals surface area contributed by atoms with Crippen LogP contribution in [0.1, 0.15) is 39.2 Å². The fourth-order valence-electron chi connectivity index (χ4n) is 2.73. The molecule has 0 aliphatic rings. The maximum absolute atomic E-state index is 2.38. The number of benzene rings is 2. The lowest BCUT2D eigenvalue weighted by atomic mass is 9.34. The van der Waals surface area contributed by atoms with Crippen molar-refractivity contribution in [3.05, 3.63) is 60.2 Å². The highest BCUT2D eigenvalue weighted by molar-refractivity contribution is 6.86. The first kappa shape index (κ1) is 13.9. The summed E-state index contributed by atoms with van der Waals surface area (Å²) in [7, 11) is 0. The Kier molecular flexibility index (Phi) is 4.47. The van der Waals surface area contributed by atoms with Crippen LogP contribution >= 0.6 is 0 Å². The van der Waals surface area contributed by atoms with Crippen LogP contribution in [0.5, 0.6) is 0 Å². The van der Waals surface area contributed by atoms with E-state index >= 15 is 0 Å². The van der Waals surface area contributed by atoms with Crippen molar-refractivity contribution in [2.75, 3.05) is 0 Å². The minimum atomic E-state index is 0.486. The largest absolute Gasteiger partial charge is 0.211 e. The van der Waals surface area contributed by atoms with Crippen molar-refractivity contribution in [1.82, 2.24) is 0 Å². The Bertz CT molecular complexity index is 514. The first-order valence-corrected chi connectivity index (χ1v) is 7.24. The summed E-state index contributed by atoms with van der Waals surface area (Å²) in [6.07, 6.45) is 0. The summed E-state index contributed by atoms with van der Waals surface area (Å²) in [5, 5.41) is 0. The third kappa shape index (κ3) is 3.29. The van der Waals surface area contributed by atoms with E-state index < -0.39 is 0 Å². The average Bonchev–Trinajstić information content (AvgIpc) is 2.40. The van der Waals surface area contributed by atoms with Crippen LogP contribution in [0.3, 0.4) is 0 Å². The Morgan fingerprint density at radius 1 is 0.737 bits per heavy atom. The molecule has 0 heterocycles. The summed E-state index contributed by atoms with van der Waals surface area (Å²) in [5.41, 5.74) is 4.28. The first-order valence-electron chi connectivity index (χ1n) is 7.24. The third-order valence-corrected chi connectivity index (χ3v) is 3.76. The van der Waals surface area contributed by atoms with Crippen LogP contribution < -0.4 is 10.9 Å². The highest BCUT2D eigenvalue weighted by Gasteiger charge is 2.22. The van der Waals surface area contributed by atoms with Crippen molar-refractivity contribution in [3.8, 4) is 0 Å². The number of rotatable bonds is 4. The molecule has 0 aliphatic carbocycles. The van der Waals surface area contributed by atoms with Gasteiger partial charge in [-0.25, -0.2) is 0 Å². The molecule has 0 aromatic heterocycles. The molecule has 2 rings (SSSR count). The molecule has 19 heavy (non-hydrogen) atoms. The molecule has 0 fully saturated rings. The molecule has 0 saturated heterocycles. The second-order valence-electron chi connectivity index (χ2n) is 5.96. The van der Waals surface area contributed by atoms with Gasteiger partial charge in [-0.3, -0.25) is 0 Å². The molecule has 2 aromatic rings. The van der Waals surface area contributed by atoms with Gasteiger partial charge in [-0.1, -0.05) is 99.0 Å². The predicted octanol–water partition coefficient (Wildman–Crippen LogP) is 3.83. The standard InChI is InChI=1S/C18H23B/c1-14(2)16-9-8-12-18(13-16)19(15(3)4)17-10-6-5-7-11-17/h5-15H,1-4H3. The quantitative estimate of drug-likeness (QED) is 0.723. The zero-order valence-corrected chi connectivity index (χ0v) is 12.4. The maximum atomic E-state index is 2.38. The van der Waals surface area contributed by atoms with Crippen molar-refractivity contribution in [1.29, 1.82) is 0 Å². The molecule has 1 heteroatoms. The highest BCUT2D eigenvalue weighted by Crippen LogP contribution is 2.14. The fourth-order valence-corrected chi connectivity index (χ4v) is 2.73. The summed E-state index contributed by atoms with van der Waals surface area (Å²) >= 11 is 0. The summed E-state index contributed by atoms with van der Waals surface area (Å²) in [5.74, 6) is 1.19. The van der Waals surface area contributed by atoms with E-state index in [0.717, 1.165) is 0 Å². The maximum Gasteiger partial charge on any atom is 0.211 e. The lowest BCUT2D eigenvalue weighted by Gasteiger charge is -2.20. The van der Waals surface area contributed by atoms with Crippen molar-refractivity contribution in [3.63, 3.8) is 0 Å². The average molecular weight is 250 g/mol. The molecular formula is C18H23B. The Labute approximate surface area is 118 Å². The van der Waals surface area contributed by atoms with E-state index in [9.17, 15) is 0 Å². The van der Waals surface area contributed by atoms with E-state index in [1.807, 2.05) is 0 Å². The zero-order chi connectivity index (χ0) is 13.8. The first-order chi connectivity index (χ1) is 9.09. The summed E-state index contributed by atoms with van der Waals surface area (Å²) in [6, 6.07) is 19.9. The van der Waals surface area contributed by atoms with E-state index in [-0.39, 0.29) is 0 Å². The molecule has 0 aliphatic heterocycles. The minimum absolute atomic E-state index is 0.486. The SMILES string of the molecule is CC(C)B(c1ccccc1)c1cccc(C(C)C)c1. The van der Waals surface area contributed by atoms with Gasteiger partial charge in [-0.05, 0) is 11.5 Å². The van der Waals surface area contributed by atoms with Crippen LogP contribution in [0.25, 0.3) is 0 Å². The van der Waals surface area contributed by atoms with Crippen LogP contribution in [-0.2, 0) is 0 Å². The Hall–Kier alpha value is -1.50. The van der Waals surface area contributed by atoms with E-state index in [2.05, 4.69) is 82.3 Å². The second kappa shape index (κ2) is 6.10. The van der Waals surface area contributed by atoms with Crippen molar-refractivity contribution >= 4 is 17.6 Å². The van der Waals surface area contributed by atoms with Gasteiger partial charge in [0.2, 0.25) is 6.71 Å². The van der Waals surface area contributed by atoms with Gasteiger partial charge in [0.1, 0.15) is 0 Å². The van der Waals surface area contributed by atoms with Crippen LogP contribution in [0.2, 0.25) is 5.82 Å². The van der Waals surface area contributed by atoms with E-state index in [0.29, 0.717) is 18.4 Å². The predicted molar refractivity (Wildman–Crippen MR) is 87.1 cm³/mol. The third-order valence-electron chi connectivity index (χ3n) is 3.76. The topological polar surface area (TPSA) is 0 Å². The normalized spacial score (nSPS) is 11.1. The molecule has 0 radical (unpaired) electrons. The number of hydrogen-bond donors (Lipinski definition) is 0. The molecule has 0 saturated carbocycles. The molecule has 0 nitrogen and oxygen atoms in total. The molecule has 98 valence electrons. The molecular weight excluding hydrogens is 227 g/mol. The van der Waals surface area contributed by atoms with Crippen molar-refractivity contribution in [2.24, 2.45) is 0 Å². The van der Waals surface area contributed by atoms with Crippen LogP contribution in [0, 0.1) is 0 Å². The Morgan fingerprint density at radius 2 is 1.37 bits per heavy atom. The summed E-state index contributed by atoms with van der Waals surface area (Å²) < 4.78 is 0. The monoisotopic (exact) mass is 250 g/mol. The smallest absolute Gasteiger partial charge is 0.0739 e. The summed E-state index contributed by atoms with van der Waals surface area (Å²) in [6.45, 7) is 9.61. The van der Waals surface area contributed by atoms with Gasteiger partial charge in [0, 0.05) is 0 Å². The molecule has 0 amide bonds. The highest BCUT2D eigenvalue weighted by atomic mass is 14.0. The van der Waals surface area contributed by atoms with Gasteiger partial charge in [0.15, 0.2) is 0 Å². The number of hydrogen-bond acceptors (Lipinski definition) is 0. The zero-order valence-electron chi connectivity index (χ0n) is 12.4. The van der Waals surface area contributed by atoms with Gasteiger partial charge in [0.25, 0.3) is 0 Å². The molecule has 0 N–H and O–H groups in total. The Balaban J connectivity index is 2.43. The van der Waals surface area contributed by atoms with E-state index in [1.165, 1.54) is 16.5 Å².